The molecule has 0 aliphatic carbocycles. The molecule has 0 spiro atoms. The van der Waals surface area contributed by atoms with Gasteiger partial charge in [-0.05, 0) is 37.8 Å². The number of aryl methyl sites for hydroxylation is 1. The van der Waals surface area contributed by atoms with E-state index in [9.17, 15) is 4.79 Å². The average Bonchev–Trinajstić information content (AvgIpc) is 3.21. The van der Waals surface area contributed by atoms with E-state index in [2.05, 4.69) is 20.1 Å². The standard InChI is InChI=1S/C18H22N4O2/c23-18(15-8-5-11-24-15)19-14-7-4-6-13(12-14)17-21-20-16-9-2-1-3-10-22(16)17/h4,6-7,12,15H,1-3,5,8-11H2,(H,19,23)/t15-/m0/s1. The molecule has 6 nitrogen and oxygen atoms in total. The van der Waals surface area contributed by atoms with E-state index < -0.39 is 0 Å². The molecule has 2 aromatic rings. The van der Waals surface area contributed by atoms with Gasteiger partial charge < -0.3 is 14.6 Å². The van der Waals surface area contributed by atoms with Gasteiger partial charge in [0.1, 0.15) is 11.9 Å². The molecule has 24 heavy (non-hydrogen) atoms. The van der Waals surface area contributed by atoms with Gasteiger partial charge in [-0.1, -0.05) is 18.6 Å². The predicted octanol–water partition coefficient (Wildman–Crippen LogP) is 2.79. The first-order valence-electron chi connectivity index (χ1n) is 8.76. The lowest BCUT2D eigenvalue weighted by molar-refractivity contribution is -0.124. The third-order valence-corrected chi connectivity index (χ3v) is 4.72. The third-order valence-electron chi connectivity index (χ3n) is 4.72. The largest absolute Gasteiger partial charge is 0.368 e. The zero-order valence-corrected chi connectivity index (χ0v) is 13.7. The summed E-state index contributed by atoms with van der Waals surface area (Å²) in [5, 5.41) is 11.7. The van der Waals surface area contributed by atoms with Gasteiger partial charge in [0, 0.05) is 30.8 Å². The van der Waals surface area contributed by atoms with Crippen LogP contribution in [-0.4, -0.2) is 33.4 Å². The molecule has 0 saturated carbocycles. The number of anilines is 1. The van der Waals surface area contributed by atoms with E-state index in [1.807, 2.05) is 24.3 Å². The monoisotopic (exact) mass is 326 g/mol. The Morgan fingerprint density at radius 2 is 2.17 bits per heavy atom. The molecular weight excluding hydrogens is 304 g/mol. The maximum absolute atomic E-state index is 12.2. The van der Waals surface area contributed by atoms with Crippen LogP contribution in [0.15, 0.2) is 24.3 Å². The molecule has 0 unspecified atom stereocenters. The van der Waals surface area contributed by atoms with E-state index >= 15 is 0 Å². The quantitative estimate of drug-likeness (QED) is 0.941. The van der Waals surface area contributed by atoms with Crippen molar-refractivity contribution >= 4 is 11.6 Å². The number of hydrogen-bond acceptors (Lipinski definition) is 4. The Bertz CT molecular complexity index is 734. The summed E-state index contributed by atoms with van der Waals surface area (Å²) < 4.78 is 7.66. The summed E-state index contributed by atoms with van der Waals surface area (Å²) in [6.07, 6.45) is 5.98. The molecule has 1 saturated heterocycles. The van der Waals surface area contributed by atoms with Crippen molar-refractivity contribution in [1.29, 1.82) is 0 Å². The van der Waals surface area contributed by atoms with Gasteiger partial charge in [0.15, 0.2) is 5.82 Å². The lowest BCUT2D eigenvalue weighted by Crippen LogP contribution is -2.26. The Balaban J connectivity index is 1.56. The summed E-state index contributed by atoms with van der Waals surface area (Å²) in [6, 6.07) is 7.83. The van der Waals surface area contributed by atoms with Gasteiger partial charge in [0.25, 0.3) is 5.91 Å². The van der Waals surface area contributed by atoms with Crippen molar-refractivity contribution in [3.8, 4) is 11.4 Å². The third kappa shape index (κ3) is 3.06. The van der Waals surface area contributed by atoms with Crippen LogP contribution in [-0.2, 0) is 22.5 Å². The van der Waals surface area contributed by atoms with Crippen LogP contribution >= 0.6 is 0 Å². The molecule has 0 bridgehead atoms. The van der Waals surface area contributed by atoms with Crippen LogP contribution in [0.25, 0.3) is 11.4 Å². The first-order valence-corrected chi connectivity index (χ1v) is 8.76. The molecule has 126 valence electrons. The molecule has 0 radical (unpaired) electrons. The number of aromatic nitrogens is 3. The Hall–Kier alpha value is -2.21. The predicted molar refractivity (Wildman–Crippen MR) is 90.6 cm³/mol. The number of benzene rings is 1. The lowest BCUT2D eigenvalue weighted by Gasteiger charge is -2.12. The normalized spacial score (nSPS) is 20.4. The molecule has 1 amide bonds. The molecule has 4 rings (SSSR count). The van der Waals surface area contributed by atoms with Gasteiger partial charge in [0.05, 0.1) is 0 Å². The van der Waals surface area contributed by atoms with Crippen molar-refractivity contribution in [3.63, 3.8) is 0 Å². The van der Waals surface area contributed by atoms with Crippen molar-refractivity contribution in [2.45, 2.75) is 51.2 Å². The maximum Gasteiger partial charge on any atom is 0.253 e. The van der Waals surface area contributed by atoms with Gasteiger partial charge in [0.2, 0.25) is 0 Å². The fourth-order valence-electron chi connectivity index (χ4n) is 3.44. The Labute approximate surface area is 141 Å². The summed E-state index contributed by atoms with van der Waals surface area (Å²) in [4.78, 5) is 12.2. The van der Waals surface area contributed by atoms with Crippen LogP contribution in [0, 0.1) is 0 Å². The summed E-state index contributed by atoms with van der Waals surface area (Å²) in [7, 11) is 0. The highest BCUT2D eigenvalue weighted by atomic mass is 16.5. The summed E-state index contributed by atoms with van der Waals surface area (Å²) in [5.41, 5.74) is 1.76. The molecule has 1 fully saturated rings. The second-order valence-corrected chi connectivity index (χ2v) is 6.47. The number of nitrogens with zero attached hydrogens (tertiary/aromatic N) is 3. The highest BCUT2D eigenvalue weighted by Gasteiger charge is 2.23. The minimum absolute atomic E-state index is 0.0651. The fourth-order valence-corrected chi connectivity index (χ4v) is 3.44. The second kappa shape index (κ2) is 6.73. The van der Waals surface area contributed by atoms with Gasteiger partial charge >= 0.3 is 0 Å². The van der Waals surface area contributed by atoms with Crippen molar-refractivity contribution in [2.24, 2.45) is 0 Å². The molecule has 1 aromatic carbocycles. The summed E-state index contributed by atoms with van der Waals surface area (Å²) in [6.45, 7) is 1.63. The molecule has 1 N–H and O–H groups in total. The summed E-state index contributed by atoms with van der Waals surface area (Å²) in [5.74, 6) is 1.89. The van der Waals surface area contributed by atoms with Gasteiger partial charge in [-0.2, -0.15) is 0 Å². The second-order valence-electron chi connectivity index (χ2n) is 6.47. The Morgan fingerprint density at radius 3 is 3.04 bits per heavy atom. The summed E-state index contributed by atoms with van der Waals surface area (Å²) >= 11 is 0. The van der Waals surface area contributed by atoms with Gasteiger partial charge in [-0.3, -0.25) is 4.79 Å². The van der Waals surface area contributed by atoms with Crippen LogP contribution in [0.5, 0.6) is 0 Å². The van der Waals surface area contributed by atoms with Gasteiger partial charge in [-0.25, -0.2) is 0 Å². The Morgan fingerprint density at radius 1 is 1.21 bits per heavy atom. The molecule has 6 heteroatoms. The first-order chi connectivity index (χ1) is 11.8. The van der Waals surface area contributed by atoms with E-state index in [0.29, 0.717) is 6.61 Å². The number of carbonyl (C=O) groups excluding carboxylic acids is 1. The molecule has 2 aliphatic rings. The van der Waals surface area contributed by atoms with E-state index in [4.69, 9.17) is 4.74 Å². The number of nitrogens with one attached hydrogen (secondary N) is 1. The zero-order chi connectivity index (χ0) is 16.4. The highest BCUT2D eigenvalue weighted by molar-refractivity contribution is 5.94. The number of carbonyl (C=O) groups is 1. The number of fused-ring (bicyclic) bond motifs is 1. The minimum atomic E-state index is -0.321. The number of amides is 1. The topological polar surface area (TPSA) is 69.0 Å². The van der Waals surface area contributed by atoms with E-state index in [1.54, 1.807) is 0 Å². The lowest BCUT2D eigenvalue weighted by atomic mass is 10.1. The fraction of sp³-hybridized carbons (Fsp3) is 0.500. The van der Waals surface area contributed by atoms with Crippen LogP contribution in [0.1, 0.15) is 37.9 Å². The van der Waals surface area contributed by atoms with Crippen LogP contribution in [0.2, 0.25) is 0 Å². The van der Waals surface area contributed by atoms with Crippen molar-refractivity contribution in [1.82, 2.24) is 14.8 Å². The van der Waals surface area contributed by atoms with Crippen molar-refractivity contribution in [3.05, 3.63) is 30.1 Å². The van der Waals surface area contributed by atoms with Gasteiger partial charge in [-0.15, -0.1) is 10.2 Å². The first kappa shape index (κ1) is 15.3. The highest BCUT2D eigenvalue weighted by Crippen LogP contribution is 2.25. The SMILES string of the molecule is O=C(Nc1cccc(-c2nnc3n2CCCCC3)c1)[C@@H]1CCCO1. The van der Waals surface area contributed by atoms with E-state index in [1.165, 1.54) is 12.8 Å². The molecule has 1 aromatic heterocycles. The molecule has 1 atom stereocenters. The van der Waals surface area contributed by atoms with Crippen molar-refractivity contribution < 1.29 is 9.53 Å². The smallest absolute Gasteiger partial charge is 0.253 e. The molecule has 3 heterocycles. The Kier molecular flexibility index (Phi) is 4.30. The zero-order valence-electron chi connectivity index (χ0n) is 13.7. The average molecular weight is 326 g/mol. The maximum atomic E-state index is 12.2. The van der Waals surface area contributed by atoms with E-state index in [0.717, 1.165) is 55.1 Å². The number of rotatable bonds is 3. The number of hydrogen-bond donors (Lipinski definition) is 1. The van der Waals surface area contributed by atoms with Crippen LogP contribution < -0.4 is 5.32 Å². The number of ether oxygens (including phenoxy) is 1. The minimum Gasteiger partial charge on any atom is -0.368 e. The van der Waals surface area contributed by atoms with E-state index in [-0.39, 0.29) is 12.0 Å². The van der Waals surface area contributed by atoms with Crippen molar-refractivity contribution in [2.75, 3.05) is 11.9 Å². The van der Waals surface area contributed by atoms with Crippen LogP contribution in [0.4, 0.5) is 5.69 Å². The molecule has 2 aliphatic heterocycles. The van der Waals surface area contributed by atoms with Crippen LogP contribution in [0.3, 0.4) is 0 Å². The molecular formula is C18H22N4O2.